The Balaban J connectivity index is 1.96. The Labute approximate surface area is 136 Å². The summed E-state index contributed by atoms with van der Waals surface area (Å²) in [5.41, 5.74) is 1.57. The largest absolute Gasteiger partial charge is 0.381 e. The molecule has 2 aromatic rings. The van der Waals surface area contributed by atoms with Gasteiger partial charge in [0.15, 0.2) is 0 Å². The summed E-state index contributed by atoms with van der Waals surface area (Å²) < 4.78 is 21.7. The lowest BCUT2D eigenvalue weighted by Gasteiger charge is -2.13. The van der Waals surface area contributed by atoms with Gasteiger partial charge in [0, 0.05) is 25.8 Å². The highest BCUT2D eigenvalue weighted by Crippen LogP contribution is 2.29. The Morgan fingerprint density at radius 2 is 2.38 bits per heavy atom. The van der Waals surface area contributed by atoms with E-state index in [2.05, 4.69) is 25.5 Å². The first kappa shape index (κ1) is 15.3. The van der Waals surface area contributed by atoms with Gasteiger partial charge in [-0.25, -0.2) is 9.37 Å². The molecule has 1 aromatic carbocycles. The number of alkyl halides is 1. The zero-order chi connectivity index (χ0) is 15.0. The second-order valence-corrected chi connectivity index (χ2v) is 7.02. The smallest absolute Gasteiger partial charge is 0.139 e. The van der Waals surface area contributed by atoms with Crippen LogP contribution in [0.25, 0.3) is 11.0 Å². The van der Waals surface area contributed by atoms with Crippen molar-refractivity contribution in [2.75, 3.05) is 13.2 Å². The van der Waals surface area contributed by atoms with E-state index in [9.17, 15) is 4.39 Å². The SMILES string of the molecule is CC(Cl)c1nc2cc(F)c(Br)cc2n1CCC1CCOC1. The standard InChI is InChI=1S/C15H17BrClFN2O/c1-9(17)15-19-13-7-12(18)11(16)6-14(13)20(15)4-2-10-3-5-21-8-10/h6-7,9-10H,2-5,8H2,1H3. The highest BCUT2D eigenvalue weighted by Gasteiger charge is 2.20. The molecule has 3 nitrogen and oxygen atoms in total. The summed E-state index contributed by atoms with van der Waals surface area (Å²) >= 11 is 9.49. The zero-order valence-corrected chi connectivity index (χ0v) is 14.1. The Hall–Kier alpha value is -0.650. The third-order valence-electron chi connectivity index (χ3n) is 3.96. The quantitative estimate of drug-likeness (QED) is 0.726. The maximum absolute atomic E-state index is 13.7. The van der Waals surface area contributed by atoms with Gasteiger partial charge < -0.3 is 9.30 Å². The molecule has 2 heterocycles. The summed E-state index contributed by atoms with van der Waals surface area (Å²) in [4.78, 5) is 4.50. The van der Waals surface area contributed by atoms with E-state index in [4.69, 9.17) is 16.3 Å². The molecule has 0 bridgehead atoms. The molecular weight excluding hydrogens is 359 g/mol. The topological polar surface area (TPSA) is 27.1 Å². The molecule has 21 heavy (non-hydrogen) atoms. The number of benzene rings is 1. The lowest BCUT2D eigenvalue weighted by atomic mass is 10.1. The van der Waals surface area contributed by atoms with Gasteiger partial charge in [-0.05, 0) is 47.7 Å². The van der Waals surface area contributed by atoms with E-state index < -0.39 is 0 Å². The fourth-order valence-corrected chi connectivity index (χ4v) is 3.30. The lowest BCUT2D eigenvalue weighted by molar-refractivity contribution is 0.183. The van der Waals surface area contributed by atoms with E-state index in [0.717, 1.165) is 43.9 Å². The Bertz CT molecular complexity index is 653. The predicted molar refractivity (Wildman–Crippen MR) is 85.2 cm³/mol. The molecule has 0 amide bonds. The van der Waals surface area contributed by atoms with Crippen molar-refractivity contribution < 1.29 is 9.13 Å². The van der Waals surface area contributed by atoms with Crippen molar-refractivity contribution in [3.05, 3.63) is 28.2 Å². The number of imidazole rings is 1. The predicted octanol–water partition coefficient (Wildman–Crippen LogP) is 4.66. The summed E-state index contributed by atoms with van der Waals surface area (Å²) in [6.45, 7) is 4.40. The molecule has 3 rings (SSSR count). The molecule has 1 aliphatic heterocycles. The number of halogens is 3. The molecule has 1 saturated heterocycles. The van der Waals surface area contributed by atoms with Crippen molar-refractivity contribution in [1.82, 2.24) is 9.55 Å². The number of rotatable bonds is 4. The van der Waals surface area contributed by atoms with Crippen molar-refractivity contribution >= 4 is 38.6 Å². The van der Waals surface area contributed by atoms with E-state index in [-0.39, 0.29) is 11.2 Å². The van der Waals surface area contributed by atoms with Gasteiger partial charge in [-0.15, -0.1) is 11.6 Å². The minimum atomic E-state index is -0.301. The normalized spacial score (nSPS) is 20.3. The van der Waals surface area contributed by atoms with Crippen molar-refractivity contribution in [1.29, 1.82) is 0 Å². The first-order chi connectivity index (χ1) is 10.1. The minimum Gasteiger partial charge on any atom is -0.381 e. The Morgan fingerprint density at radius 3 is 3.05 bits per heavy atom. The lowest BCUT2D eigenvalue weighted by Crippen LogP contribution is -2.09. The van der Waals surface area contributed by atoms with Crippen LogP contribution in [-0.4, -0.2) is 22.8 Å². The first-order valence-corrected chi connectivity index (χ1v) is 8.36. The highest BCUT2D eigenvalue weighted by molar-refractivity contribution is 9.10. The highest BCUT2D eigenvalue weighted by atomic mass is 79.9. The van der Waals surface area contributed by atoms with Crippen molar-refractivity contribution in [3.8, 4) is 0 Å². The first-order valence-electron chi connectivity index (χ1n) is 7.13. The molecule has 2 atom stereocenters. The van der Waals surface area contributed by atoms with E-state index in [1.807, 2.05) is 6.92 Å². The molecule has 0 spiro atoms. The van der Waals surface area contributed by atoms with E-state index in [0.29, 0.717) is 15.9 Å². The maximum atomic E-state index is 13.7. The van der Waals surface area contributed by atoms with Crippen LogP contribution in [0.4, 0.5) is 4.39 Å². The summed E-state index contributed by atoms with van der Waals surface area (Å²) in [6.07, 6.45) is 2.13. The third-order valence-corrected chi connectivity index (χ3v) is 4.76. The van der Waals surface area contributed by atoms with Gasteiger partial charge in [-0.3, -0.25) is 0 Å². The summed E-state index contributed by atoms with van der Waals surface area (Å²) in [7, 11) is 0. The monoisotopic (exact) mass is 374 g/mol. The zero-order valence-electron chi connectivity index (χ0n) is 11.8. The van der Waals surface area contributed by atoms with Gasteiger partial charge in [0.25, 0.3) is 0 Å². The van der Waals surface area contributed by atoms with Gasteiger partial charge >= 0.3 is 0 Å². The molecule has 114 valence electrons. The van der Waals surface area contributed by atoms with E-state index in [1.54, 1.807) is 6.07 Å². The summed E-state index contributed by atoms with van der Waals surface area (Å²) in [6, 6.07) is 3.24. The second kappa shape index (κ2) is 6.23. The van der Waals surface area contributed by atoms with Crippen LogP contribution >= 0.6 is 27.5 Å². The van der Waals surface area contributed by atoms with Crippen LogP contribution in [-0.2, 0) is 11.3 Å². The van der Waals surface area contributed by atoms with Crippen LogP contribution in [0, 0.1) is 11.7 Å². The van der Waals surface area contributed by atoms with Gasteiger partial charge in [0.1, 0.15) is 11.6 Å². The molecular formula is C15H17BrClFN2O. The van der Waals surface area contributed by atoms with Crippen molar-refractivity contribution in [2.24, 2.45) is 5.92 Å². The molecule has 2 unspecified atom stereocenters. The number of fused-ring (bicyclic) bond motifs is 1. The van der Waals surface area contributed by atoms with Gasteiger partial charge in [0.2, 0.25) is 0 Å². The molecule has 0 aliphatic carbocycles. The Kier molecular flexibility index (Phi) is 4.52. The summed E-state index contributed by atoms with van der Waals surface area (Å²) in [5, 5.41) is -0.209. The number of aromatic nitrogens is 2. The van der Waals surface area contributed by atoms with Gasteiger partial charge in [-0.2, -0.15) is 0 Å². The van der Waals surface area contributed by atoms with Crippen molar-refractivity contribution in [2.45, 2.75) is 31.7 Å². The van der Waals surface area contributed by atoms with Gasteiger partial charge in [-0.1, -0.05) is 0 Å². The third kappa shape index (κ3) is 3.10. The minimum absolute atomic E-state index is 0.209. The molecule has 1 aromatic heterocycles. The summed E-state index contributed by atoms with van der Waals surface area (Å²) in [5.74, 6) is 1.08. The maximum Gasteiger partial charge on any atom is 0.139 e. The molecule has 0 saturated carbocycles. The van der Waals surface area contributed by atoms with Crippen LogP contribution in [0.15, 0.2) is 16.6 Å². The van der Waals surface area contributed by atoms with E-state index in [1.165, 1.54) is 6.07 Å². The molecule has 1 fully saturated rings. The number of ether oxygens (including phenoxy) is 1. The fraction of sp³-hybridized carbons (Fsp3) is 0.533. The Morgan fingerprint density at radius 1 is 1.57 bits per heavy atom. The molecule has 0 radical (unpaired) electrons. The van der Waals surface area contributed by atoms with Crippen LogP contribution in [0.5, 0.6) is 0 Å². The number of hydrogen-bond acceptors (Lipinski definition) is 2. The van der Waals surface area contributed by atoms with Gasteiger partial charge in [0.05, 0.1) is 20.9 Å². The fourth-order valence-electron chi connectivity index (χ4n) is 2.80. The molecule has 1 aliphatic rings. The average Bonchev–Trinajstić information content (AvgIpc) is 3.05. The number of hydrogen-bond donors (Lipinski definition) is 0. The van der Waals surface area contributed by atoms with Crippen molar-refractivity contribution in [3.63, 3.8) is 0 Å². The van der Waals surface area contributed by atoms with Crippen LogP contribution in [0.3, 0.4) is 0 Å². The van der Waals surface area contributed by atoms with Crippen LogP contribution in [0.1, 0.15) is 31.0 Å². The van der Waals surface area contributed by atoms with Crippen LogP contribution < -0.4 is 0 Å². The van der Waals surface area contributed by atoms with E-state index >= 15 is 0 Å². The van der Waals surface area contributed by atoms with Crippen LogP contribution in [0.2, 0.25) is 0 Å². The second-order valence-electron chi connectivity index (χ2n) is 5.51. The number of nitrogens with zero attached hydrogens (tertiary/aromatic N) is 2. The number of aryl methyl sites for hydroxylation is 1. The molecule has 0 N–H and O–H groups in total. The molecule has 6 heteroatoms. The average molecular weight is 376 g/mol.